The van der Waals surface area contributed by atoms with Gasteiger partial charge in [-0.05, 0) is 24.1 Å². The van der Waals surface area contributed by atoms with E-state index in [-0.39, 0.29) is 0 Å². The van der Waals surface area contributed by atoms with Crippen LogP contribution in [0.2, 0.25) is 0 Å². The number of alkyl halides is 1. The molecule has 0 spiro atoms. The van der Waals surface area contributed by atoms with Crippen molar-refractivity contribution >= 4 is 21.9 Å². The molecule has 0 aliphatic rings. The molecule has 17 heavy (non-hydrogen) atoms. The zero-order valence-electron chi connectivity index (χ0n) is 9.86. The van der Waals surface area contributed by atoms with Crippen LogP contribution >= 0.6 is 15.9 Å². The maximum absolute atomic E-state index is 10.8. The molecule has 1 rings (SSSR count). The Balaban J connectivity index is 2.47. The Bertz CT molecular complexity index is 348. The highest BCUT2D eigenvalue weighted by Crippen LogP contribution is 2.24. The Morgan fingerprint density at radius 2 is 2.00 bits per heavy atom. The molecule has 1 aromatic carbocycles. The molecule has 1 aromatic rings. The second-order valence-corrected chi connectivity index (χ2v) is 4.74. The van der Waals surface area contributed by atoms with Gasteiger partial charge in [-0.3, -0.25) is 4.79 Å². The first kappa shape index (κ1) is 14.0. The lowest BCUT2D eigenvalue weighted by Gasteiger charge is -2.08. The van der Waals surface area contributed by atoms with Crippen LogP contribution in [0, 0.1) is 0 Å². The predicted octanol–water partition coefficient (Wildman–Crippen LogP) is 3.78. The van der Waals surface area contributed by atoms with Crippen LogP contribution in [0.25, 0.3) is 0 Å². The fraction of sp³-hybridized carbons (Fsp3) is 0.462. The Hall–Kier alpha value is -1.03. The van der Waals surface area contributed by atoms with Gasteiger partial charge in [-0.25, -0.2) is 0 Å². The number of aliphatic carboxylic acids is 1. The third kappa shape index (κ3) is 4.77. The standard InChI is InChI=1S/C13H17BrO3/c1-2-3-4-9-17-11-7-5-10(6-8-11)12(14)13(15)16/h5-8,12H,2-4,9H2,1H3,(H,15,16). The second-order valence-electron chi connectivity index (χ2n) is 3.83. The van der Waals surface area contributed by atoms with Crippen molar-refractivity contribution in [3.63, 3.8) is 0 Å². The van der Waals surface area contributed by atoms with Crippen LogP contribution in [0.5, 0.6) is 5.75 Å². The monoisotopic (exact) mass is 300 g/mol. The molecule has 0 saturated carbocycles. The van der Waals surface area contributed by atoms with Crippen molar-refractivity contribution in [1.82, 2.24) is 0 Å². The van der Waals surface area contributed by atoms with Crippen LogP contribution in [0.15, 0.2) is 24.3 Å². The molecule has 0 aliphatic heterocycles. The van der Waals surface area contributed by atoms with Crippen LogP contribution in [0.3, 0.4) is 0 Å². The van der Waals surface area contributed by atoms with Gasteiger partial charge in [0, 0.05) is 0 Å². The molecule has 3 nitrogen and oxygen atoms in total. The molecule has 0 radical (unpaired) electrons. The van der Waals surface area contributed by atoms with Gasteiger partial charge >= 0.3 is 5.97 Å². The maximum Gasteiger partial charge on any atom is 0.321 e. The lowest BCUT2D eigenvalue weighted by Crippen LogP contribution is -2.04. The summed E-state index contributed by atoms with van der Waals surface area (Å²) in [6, 6.07) is 7.14. The summed E-state index contributed by atoms with van der Waals surface area (Å²) in [7, 11) is 0. The lowest BCUT2D eigenvalue weighted by atomic mass is 10.1. The van der Waals surface area contributed by atoms with Gasteiger partial charge in [0.25, 0.3) is 0 Å². The number of rotatable bonds is 7. The molecule has 0 aromatic heterocycles. The molecule has 4 heteroatoms. The van der Waals surface area contributed by atoms with Crippen LogP contribution in [0.4, 0.5) is 0 Å². The SMILES string of the molecule is CCCCCOc1ccc(C(Br)C(=O)O)cc1. The summed E-state index contributed by atoms with van der Waals surface area (Å²) in [4.78, 5) is 10.1. The second kappa shape index (κ2) is 7.33. The lowest BCUT2D eigenvalue weighted by molar-refractivity contribution is -0.136. The first-order valence-corrected chi connectivity index (χ1v) is 6.66. The number of hydrogen-bond donors (Lipinski definition) is 1. The number of hydrogen-bond acceptors (Lipinski definition) is 2. The number of unbranched alkanes of at least 4 members (excludes halogenated alkanes) is 2. The van der Waals surface area contributed by atoms with E-state index in [2.05, 4.69) is 22.9 Å². The molecule has 1 atom stereocenters. The smallest absolute Gasteiger partial charge is 0.321 e. The van der Waals surface area contributed by atoms with Crippen molar-refractivity contribution in [2.24, 2.45) is 0 Å². The molecular formula is C13H17BrO3. The molecule has 0 amide bonds. The van der Waals surface area contributed by atoms with Gasteiger partial charge in [0.2, 0.25) is 0 Å². The molecule has 0 fully saturated rings. The topological polar surface area (TPSA) is 46.5 Å². The van der Waals surface area contributed by atoms with Crippen molar-refractivity contribution in [3.05, 3.63) is 29.8 Å². The average molecular weight is 301 g/mol. The fourth-order valence-corrected chi connectivity index (χ4v) is 1.72. The summed E-state index contributed by atoms with van der Waals surface area (Å²) < 4.78 is 5.54. The van der Waals surface area contributed by atoms with Gasteiger partial charge < -0.3 is 9.84 Å². The first-order valence-electron chi connectivity index (χ1n) is 5.74. The Morgan fingerprint density at radius 1 is 1.35 bits per heavy atom. The molecule has 0 saturated heterocycles. The first-order chi connectivity index (χ1) is 8.15. The minimum absolute atomic E-state index is 0.656. The molecule has 0 heterocycles. The van der Waals surface area contributed by atoms with Gasteiger partial charge in [-0.15, -0.1) is 0 Å². The van der Waals surface area contributed by atoms with E-state index in [0.29, 0.717) is 6.61 Å². The summed E-state index contributed by atoms with van der Waals surface area (Å²) in [6.45, 7) is 2.86. The highest BCUT2D eigenvalue weighted by atomic mass is 79.9. The molecular weight excluding hydrogens is 284 g/mol. The number of ether oxygens (including phenoxy) is 1. The molecule has 94 valence electrons. The van der Waals surface area contributed by atoms with Gasteiger partial charge in [0.15, 0.2) is 0 Å². The summed E-state index contributed by atoms with van der Waals surface area (Å²) in [6.07, 6.45) is 3.39. The van der Waals surface area contributed by atoms with Crippen molar-refractivity contribution in [2.45, 2.75) is 31.0 Å². The van der Waals surface area contributed by atoms with E-state index >= 15 is 0 Å². The molecule has 1 unspecified atom stereocenters. The fourth-order valence-electron chi connectivity index (χ4n) is 1.42. The predicted molar refractivity (Wildman–Crippen MR) is 70.8 cm³/mol. The van der Waals surface area contributed by atoms with Crippen LogP contribution in [-0.2, 0) is 4.79 Å². The van der Waals surface area contributed by atoms with Gasteiger partial charge in [0.05, 0.1) is 6.61 Å². The van der Waals surface area contributed by atoms with Crippen molar-refractivity contribution in [3.8, 4) is 5.75 Å². The number of carboxylic acids is 1. The Kier molecular flexibility index (Phi) is 6.05. The summed E-state index contributed by atoms with van der Waals surface area (Å²) in [5.41, 5.74) is 0.721. The number of carbonyl (C=O) groups is 1. The minimum atomic E-state index is -0.887. The zero-order valence-corrected chi connectivity index (χ0v) is 11.4. The highest BCUT2D eigenvalue weighted by Gasteiger charge is 2.15. The molecule has 0 bridgehead atoms. The molecule has 0 aliphatic carbocycles. The Labute approximate surface area is 110 Å². The highest BCUT2D eigenvalue weighted by molar-refractivity contribution is 9.09. The quantitative estimate of drug-likeness (QED) is 0.616. The third-order valence-electron chi connectivity index (χ3n) is 2.41. The van der Waals surface area contributed by atoms with Crippen molar-refractivity contribution in [2.75, 3.05) is 6.61 Å². The minimum Gasteiger partial charge on any atom is -0.494 e. The van der Waals surface area contributed by atoms with E-state index in [1.807, 2.05) is 0 Å². The molecule has 1 N–H and O–H groups in total. The van der Waals surface area contributed by atoms with E-state index in [1.54, 1.807) is 24.3 Å². The van der Waals surface area contributed by atoms with Gasteiger partial charge in [0.1, 0.15) is 10.6 Å². The van der Waals surface area contributed by atoms with Crippen LogP contribution in [0.1, 0.15) is 36.6 Å². The summed E-state index contributed by atoms with van der Waals surface area (Å²) in [5.74, 6) is -0.100. The van der Waals surface area contributed by atoms with Gasteiger partial charge in [-0.2, -0.15) is 0 Å². The van der Waals surface area contributed by atoms with E-state index in [4.69, 9.17) is 9.84 Å². The van der Waals surface area contributed by atoms with Crippen molar-refractivity contribution < 1.29 is 14.6 Å². The normalized spacial score (nSPS) is 12.1. The number of benzene rings is 1. The van der Waals surface area contributed by atoms with Crippen LogP contribution in [-0.4, -0.2) is 17.7 Å². The zero-order chi connectivity index (χ0) is 12.7. The average Bonchev–Trinajstić information content (AvgIpc) is 2.34. The van der Waals surface area contributed by atoms with E-state index in [0.717, 1.165) is 17.7 Å². The van der Waals surface area contributed by atoms with Crippen LogP contribution < -0.4 is 4.74 Å². The Morgan fingerprint density at radius 3 is 2.53 bits per heavy atom. The van der Waals surface area contributed by atoms with E-state index in [9.17, 15) is 4.79 Å². The van der Waals surface area contributed by atoms with Crippen molar-refractivity contribution in [1.29, 1.82) is 0 Å². The van der Waals surface area contributed by atoms with E-state index in [1.165, 1.54) is 12.8 Å². The van der Waals surface area contributed by atoms with E-state index < -0.39 is 10.8 Å². The largest absolute Gasteiger partial charge is 0.494 e. The van der Waals surface area contributed by atoms with Gasteiger partial charge in [-0.1, -0.05) is 47.8 Å². The third-order valence-corrected chi connectivity index (χ3v) is 3.33. The summed E-state index contributed by atoms with van der Waals surface area (Å²) in [5, 5.41) is 8.83. The summed E-state index contributed by atoms with van der Waals surface area (Å²) >= 11 is 3.11. The number of halogens is 1. The number of carboxylic acid groups (broad SMARTS) is 1. The maximum atomic E-state index is 10.8.